The lowest BCUT2D eigenvalue weighted by atomic mass is 9.92. The van der Waals surface area contributed by atoms with Gasteiger partial charge in [-0.2, -0.15) is 9.97 Å². The van der Waals surface area contributed by atoms with Crippen molar-refractivity contribution in [2.75, 3.05) is 0 Å². The molecule has 41 heavy (non-hydrogen) atoms. The smallest absolute Gasteiger partial charge is 0.238 e. The van der Waals surface area contributed by atoms with Crippen LogP contribution >= 0.6 is 0 Å². The molecule has 0 spiro atoms. The van der Waals surface area contributed by atoms with E-state index >= 15 is 0 Å². The summed E-state index contributed by atoms with van der Waals surface area (Å²) in [7, 11) is 0. The molecule has 0 radical (unpaired) electrons. The topological polar surface area (TPSA) is 56.5 Å². The Morgan fingerprint density at radius 2 is 1.12 bits per heavy atom. The molecule has 5 nitrogen and oxygen atoms in total. The summed E-state index contributed by atoms with van der Waals surface area (Å²) >= 11 is 0. The van der Waals surface area contributed by atoms with E-state index in [0.29, 0.717) is 17.6 Å². The Kier molecular flexibility index (Phi) is 4.55. The standard InChI is InChI=1S/C36H21N5/c1-3-9-24(10-4-1)34-38-35(25-11-5-2-6-12-25)40-36(39-34)41-28-15-8-20-37-33(28)32-27-19-18-23-14-7-13-22-16-17-26(21-29(32)41)31(27)30(22)23/h1-21H. The van der Waals surface area contributed by atoms with Crippen LogP contribution in [0.4, 0.5) is 0 Å². The van der Waals surface area contributed by atoms with Crippen molar-refractivity contribution in [1.29, 1.82) is 0 Å². The van der Waals surface area contributed by atoms with Crippen LogP contribution in [0.5, 0.6) is 0 Å². The Labute approximate surface area is 234 Å². The molecule has 3 heterocycles. The van der Waals surface area contributed by atoms with Crippen LogP contribution in [0.25, 0.3) is 83.0 Å². The van der Waals surface area contributed by atoms with Crippen molar-refractivity contribution >= 4 is 54.3 Å². The van der Waals surface area contributed by atoms with Crippen molar-refractivity contribution in [2.24, 2.45) is 0 Å². The lowest BCUT2D eigenvalue weighted by molar-refractivity contribution is 0.953. The summed E-state index contributed by atoms with van der Waals surface area (Å²) in [4.78, 5) is 19.9. The van der Waals surface area contributed by atoms with E-state index in [4.69, 9.17) is 19.9 Å². The first-order valence-corrected chi connectivity index (χ1v) is 13.7. The van der Waals surface area contributed by atoms with E-state index in [1.165, 1.54) is 32.3 Å². The van der Waals surface area contributed by atoms with E-state index in [0.717, 1.165) is 33.1 Å². The largest absolute Gasteiger partial charge is 0.276 e. The molecule has 5 heteroatoms. The number of hydrogen-bond donors (Lipinski definition) is 0. The van der Waals surface area contributed by atoms with Gasteiger partial charge in [0.2, 0.25) is 5.95 Å². The molecule has 0 atom stereocenters. The number of fused-ring (bicyclic) bond motifs is 4. The molecule has 190 valence electrons. The maximum absolute atomic E-state index is 5.06. The number of pyridine rings is 1. The first-order valence-electron chi connectivity index (χ1n) is 13.7. The Balaban J connectivity index is 1.44. The highest BCUT2D eigenvalue weighted by Crippen LogP contribution is 2.42. The molecule has 0 saturated heterocycles. The lowest BCUT2D eigenvalue weighted by Gasteiger charge is -2.13. The second kappa shape index (κ2) is 8.41. The molecule has 0 aliphatic carbocycles. The maximum atomic E-state index is 5.06. The zero-order valence-corrected chi connectivity index (χ0v) is 21.9. The molecule has 0 aliphatic heterocycles. The van der Waals surface area contributed by atoms with Gasteiger partial charge in [-0.3, -0.25) is 9.55 Å². The highest BCUT2D eigenvalue weighted by atomic mass is 15.2. The fourth-order valence-corrected chi connectivity index (χ4v) is 6.23. The molecule has 6 aromatic carbocycles. The predicted octanol–water partition coefficient (Wildman–Crippen LogP) is 8.60. The van der Waals surface area contributed by atoms with Crippen LogP contribution in [0.2, 0.25) is 0 Å². The molecular formula is C36H21N5. The van der Waals surface area contributed by atoms with Gasteiger partial charge in [0.1, 0.15) is 0 Å². The van der Waals surface area contributed by atoms with Gasteiger partial charge in [0.15, 0.2) is 11.6 Å². The summed E-state index contributed by atoms with van der Waals surface area (Å²) in [6.07, 6.45) is 1.86. The van der Waals surface area contributed by atoms with Crippen LogP contribution in [0.15, 0.2) is 128 Å². The van der Waals surface area contributed by atoms with Crippen LogP contribution < -0.4 is 0 Å². The van der Waals surface area contributed by atoms with E-state index < -0.39 is 0 Å². The highest BCUT2D eigenvalue weighted by molar-refractivity contribution is 6.32. The molecule has 9 rings (SSSR count). The number of aromatic nitrogens is 5. The van der Waals surface area contributed by atoms with Crippen molar-refractivity contribution in [3.63, 3.8) is 0 Å². The molecular weight excluding hydrogens is 502 g/mol. The Morgan fingerprint density at radius 1 is 0.463 bits per heavy atom. The van der Waals surface area contributed by atoms with Gasteiger partial charge in [-0.05, 0) is 50.5 Å². The first kappa shape index (κ1) is 22.2. The van der Waals surface area contributed by atoms with Gasteiger partial charge in [0, 0.05) is 22.7 Å². The molecule has 0 fully saturated rings. The SMILES string of the molecule is c1ccc(-c2nc(-c3ccccc3)nc(-n3c4cccnc4c4c5ccc6cccc7ccc(cc43)c5c76)n2)cc1. The lowest BCUT2D eigenvalue weighted by Crippen LogP contribution is -2.06. The van der Waals surface area contributed by atoms with E-state index in [-0.39, 0.29) is 0 Å². The second-order valence-corrected chi connectivity index (χ2v) is 10.3. The predicted molar refractivity (Wildman–Crippen MR) is 167 cm³/mol. The van der Waals surface area contributed by atoms with Gasteiger partial charge in [-0.25, -0.2) is 4.98 Å². The number of hydrogen-bond acceptors (Lipinski definition) is 4. The van der Waals surface area contributed by atoms with Crippen molar-refractivity contribution in [3.05, 3.63) is 128 Å². The van der Waals surface area contributed by atoms with E-state index in [1.54, 1.807) is 0 Å². The summed E-state index contributed by atoms with van der Waals surface area (Å²) in [5.74, 6) is 1.83. The van der Waals surface area contributed by atoms with Gasteiger partial charge >= 0.3 is 0 Å². The summed E-state index contributed by atoms with van der Waals surface area (Å²) in [6.45, 7) is 0. The summed E-state index contributed by atoms with van der Waals surface area (Å²) in [5, 5.41) is 8.52. The van der Waals surface area contributed by atoms with Gasteiger partial charge in [0.25, 0.3) is 0 Å². The van der Waals surface area contributed by atoms with Gasteiger partial charge in [0.05, 0.1) is 16.6 Å². The Morgan fingerprint density at radius 3 is 1.83 bits per heavy atom. The molecule has 0 amide bonds. The third-order valence-corrected chi connectivity index (χ3v) is 8.02. The van der Waals surface area contributed by atoms with E-state index in [2.05, 4.69) is 59.2 Å². The number of benzene rings is 6. The average Bonchev–Trinajstić information content (AvgIpc) is 3.38. The van der Waals surface area contributed by atoms with E-state index in [9.17, 15) is 0 Å². The van der Waals surface area contributed by atoms with Gasteiger partial charge in [-0.15, -0.1) is 0 Å². The molecule has 0 bridgehead atoms. The van der Waals surface area contributed by atoms with Crippen molar-refractivity contribution in [2.45, 2.75) is 0 Å². The van der Waals surface area contributed by atoms with Crippen LogP contribution in [-0.4, -0.2) is 24.5 Å². The minimum Gasteiger partial charge on any atom is -0.276 e. The molecule has 0 unspecified atom stereocenters. The fourth-order valence-electron chi connectivity index (χ4n) is 6.23. The van der Waals surface area contributed by atoms with Crippen molar-refractivity contribution in [1.82, 2.24) is 24.5 Å². The van der Waals surface area contributed by atoms with Crippen LogP contribution in [0.1, 0.15) is 0 Å². The normalized spacial score (nSPS) is 11.9. The number of rotatable bonds is 3. The minimum absolute atomic E-state index is 0.568. The van der Waals surface area contributed by atoms with Gasteiger partial charge < -0.3 is 0 Å². The monoisotopic (exact) mass is 523 g/mol. The summed E-state index contributed by atoms with van der Waals surface area (Å²) < 4.78 is 2.15. The zero-order valence-electron chi connectivity index (χ0n) is 21.9. The fraction of sp³-hybridized carbons (Fsp3) is 0. The molecule has 0 saturated carbocycles. The third-order valence-electron chi connectivity index (χ3n) is 8.02. The average molecular weight is 524 g/mol. The van der Waals surface area contributed by atoms with Crippen molar-refractivity contribution < 1.29 is 0 Å². The molecule has 3 aromatic heterocycles. The third kappa shape index (κ3) is 3.23. The molecule has 0 N–H and O–H groups in total. The molecule has 0 aliphatic rings. The van der Waals surface area contributed by atoms with Crippen molar-refractivity contribution in [3.8, 4) is 28.7 Å². The maximum Gasteiger partial charge on any atom is 0.238 e. The van der Waals surface area contributed by atoms with Crippen LogP contribution in [0.3, 0.4) is 0 Å². The van der Waals surface area contributed by atoms with Crippen LogP contribution in [-0.2, 0) is 0 Å². The second-order valence-electron chi connectivity index (χ2n) is 10.3. The number of nitrogens with zero attached hydrogens (tertiary/aromatic N) is 5. The zero-order chi connectivity index (χ0) is 26.9. The quantitative estimate of drug-likeness (QED) is 0.218. The van der Waals surface area contributed by atoms with E-state index in [1.807, 2.05) is 72.9 Å². The van der Waals surface area contributed by atoms with Crippen LogP contribution in [0, 0.1) is 0 Å². The highest BCUT2D eigenvalue weighted by Gasteiger charge is 2.21. The summed E-state index contributed by atoms with van der Waals surface area (Å²) in [6, 6.07) is 41.9. The first-order chi connectivity index (χ1) is 20.3. The summed E-state index contributed by atoms with van der Waals surface area (Å²) in [5.41, 5.74) is 4.79. The minimum atomic E-state index is 0.568. The van der Waals surface area contributed by atoms with Gasteiger partial charge in [-0.1, -0.05) is 103 Å². The Hall–Kier alpha value is -5.68. The Bertz CT molecular complexity index is 2340. The molecule has 9 aromatic rings.